The number of likely N-dealkylation sites (tertiary alicyclic amines) is 1. The molecule has 1 amide bonds. The van der Waals surface area contributed by atoms with Crippen LogP contribution in [-0.2, 0) is 13.6 Å². The summed E-state index contributed by atoms with van der Waals surface area (Å²) in [6, 6.07) is 10.1. The van der Waals surface area contributed by atoms with Gasteiger partial charge in [-0.05, 0) is 49.7 Å². The van der Waals surface area contributed by atoms with Gasteiger partial charge in [-0.2, -0.15) is 10.2 Å². The number of allylic oxidation sites excluding steroid dienone is 1. The number of carbonyl (C=O) groups is 1. The van der Waals surface area contributed by atoms with Crippen molar-refractivity contribution in [2.75, 3.05) is 20.2 Å². The van der Waals surface area contributed by atoms with E-state index >= 15 is 0 Å². The molecular weight excluding hydrogens is 485 g/mol. The van der Waals surface area contributed by atoms with E-state index < -0.39 is 0 Å². The second kappa shape index (κ2) is 10.9. The van der Waals surface area contributed by atoms with Gasteiger partial charge in [0.25, 0.3) is 5.91 Å². The summed E-state index contributed by atoms with van der Waals surface area (Å²) in [5, 5.41) is 15.3. The summed E-state index contributed by atoms with van der Waals surface area (Å²) in [5.41, 5.74) is 2.87. The molecule has 0 aliphatic carbocycles. The fourth-order valence-electron chi connectivity index (χ4n) is 4.80. The first kappa shape index (κ1) is 25.2. The Bertz CT molecular complexity index is 1550. The molecule has 1 atom stereocenters. The summed E-state index contributed by atoms with van der Waals surface area (Å²) in [4.78, 5) is 19.6. The molecule has 9 nitrogen and oxygen atoms in total. The predicted octanol–water partition coefficient (Wildman–Crippen LogP) is 3.41. The van der Waals surface area contributed by atoms with E-state index in [1.165, 1.54) is 19.5 Å². The Morgan fingerprint density at radius 3 is 3.00 bits per heavy atom. The van der Waals surface area contributed by atoms with Gasteiger partial charge in [0.1, 0.15) is 23.6 Å². The number of aromatic amines is 1. The second-order valence-corrected chi connectivity index (χ2v) is 9.25. The quantitative estimate of drug-likeness (QED) is 0.368. The molecule has 2 aromatic heterocycles. The molecule has 194 valence electrons. The molecule has 4 aromatic rings. The van der Waals surface area contributed by atoms with Gasteiger partial charge in [0.2, 0.25) is 0 Å². The summed E-state index contributed by atoms with van der Waals surface area (Å²) in [7, 11) is 3.31. The third-order valence-electron chi connectivity index (χ3n) is 6.77. The smallest absolute Gasteiger partial charge is 0.251 e. The van der Waals surface area contributed by atoms with E-state index in [4.69, 9.17) is 11.2 Å². The zero-order valence-corrected chi connectivity index (χ0v) is 21.2. The lowest BCUT2D eigenvalue weighted by Gasteiger charge is -2.33. The molecule has 1 aliphatic rings. The summed E-state index contributed by atoms with van der Waals surface area (Å²) in [6.07, 6.45) is 10.7. The Balaban J connectivity index is 1.32. The number of terminal acetylenes is 1. The Morgan fingerprint density at radius 1 is 1.37 bits per heavy atom. The van der Waals surface area contributed by atoms with Gasteiger partial charge in [-0.15, -0.1) is 6.42 Å². The molecule has 38 heavy (non-hydrogen) atoms. The monoisotopic (exact) mass is 513 g/mol. The minimum Gasteiger partial charge on any atom is -0.496 e. The van der Waals surface area contributed by atoms with Crippen LogP contribution in [-0.4, -0.2) is 62.0 Å². The molecule has 1 fully saturated rings. The van der Waals surface area contributed by atoms with Gasteiger partial charge < -0.3 is 10.1 Å². The van der Waals surface area contributed by atoms with Crippen LogP contribution in [0.15, 0.2) is 42.7 Å². The highest BCUT2D eigenvalue weighted by Gasteiger charge is 2.24. The molecule has 10 heteroatoms. The van der Waals surface area contributed by atoms with E-state index in [0.717, 1.165) is 30.3 Å². The normalized spacial score (nSPS) is 16.4. The number of hydrogen-bond acceptors (Lipinski definition) is 6. The van der Waals surface area contributed by atoms with Crippen molar-refractivity contribution in [3.63, 3.8) is 0 Å². The highest BCUT2D eigenvalue weighted by molar-refractivity contribution is 6.03. The number of benzene rings is 2. The molecule has 0 radical (unpaired) electrons. The number of nitrogens with one attached hydrogen (secondary N) is 2. The summed E-state index contributed by atoms with van der Waals surface area (Å²) in [5.74, 6) is 3.31. The SMILES string of the molecule is C#C/C(=C\c1ncnn1C)c1n[nH]c2ccc(C(=O)NC3CCCN(Cc4c(F)cccc4OC)C3)cc12. The predicted molar refractivity (Wildman–Crippen MR) is 143 cm³/mol. The maximum absolute atomic E-state index is 14.5. The van der Waals surface area contributed by atoms with Crippen LogP contribution in [0, 0.1) is 18.2 Å². The van der Waals surface area contributed by atoms with E-state index in [9.17, 15) is 9.18 Å². The van der Waals surface area contributed by atoms with Gasteiger partial charge in [0.15, 0.2) is 5.82 Å². The first-order chi connectivity index (χ1) is 18.5. The molecule has 1 aliphatic heterocycles. The zero-order valence-electron chi connectivity index (χ0n) is 21.2. The second-order valence-electron chi connectivity index (χ2n) is 9.25. The van der Waals surface area contributed by atoms with Crippen molar-refractivity contribution in [3.8, 4) is 18.1 Å². The van der Waals surface area contributed by atoms with Crippen molar-refractivity contribution in [1.29, 1.82) is 0 Å². The number of hydrogen-bond donors (Lipinski definition) is 2. The van der Waals surface area contributed by atoms with Crippen LogP contribution in [0.1, 0.15) is 40.3 Å². The van der Waals surface area contributed by atoms with Crippen LogP contribution in [0.5, 0.6) is 5.75 Å². The lowest BCUT2D eigenvalue weighted by molar-refractivity contribution is 0.0899. The highest BCUT2D eigenvalue weighted by Crippen LogP contribution is 2.26. The van der Waals surface area contributed by atoms with Gasteiger partial charge in [-0.25, -0.2) is 14.1 Å². The lowest BCUT2D eigenvalue weighted by atomic mass is 10.0. The third-order valence-corrected chi connectivity index (χ3v) is 6.77. The first-order valence-electron chi connectivity index (χ1n) is 12.3. The standard InChI is InChI=1S/C28H28FN7O2/c1-4-18(14-26-30-17-31-35(26)2)27-21-13-19(10-11-24(21)33-34-27)28(37)32-20-7-6-12-36(15-20)16-22-23(29)8-5-9-25(22)38-3/h1,5,8-11,13-14,17,20H,6-7,12,15-16H2,2-3H3,(H,32,37)(H,33,34)/b18-14+. The number of amides is 1. The van der Waals surface area contributed by atoms with Crippen LogP contribution in [0.25, 0.3) is 22.6 Å². The number of nitrogens with zero attached hydrogens (tertiary/aromatic N) is 5. The van der Waals surface area contributed by atoms with Crippen molar-refractivity contribution >= 4 is 28.5 Å². The van der Waals surface area contributed by atoms with Crippen LogP contribution >= 0.6 is 0 Å². The molecule has 0 saturated carbocycles. The molecule has 1 unspecified atom stereocenters. The molecule has 5 rings (SSSR count). The molecule has 2 N–H and O–H groups in total. The molecule has 0 bridgehead atoms. The summed E-state index contributed by atoms with van der Waals surface area (Å²) in [6.45, 7) is 1.85. The van der Waals surface area contributed by atoms with Gasteiger partial charge in [0, 0.05) is 48.8 Å². The average molecular weight is 514 g/mol. The number of rotatable bonds is 7. The van der Waals surface area contributed by atoms with Crippen molar-refractivity contribution in [2.24, 2.45) is 7.05 Å². The van der Waals surface area contributed by atoms with Crippen molar-refractivity contribution in [2.45, 2.75) is 25.4 Å². The van der Waals surface area contributed by atoms with E-state index in [-0.39, 0.29) is 17.8 Å². The maximum atomic E-state index is 14.5. The van der Waals surface area contributed by atoms with Crippen molar-refractivity contribution in [3.05, 3.63) is 71.2 Å². The lowest BCUT2D eigenvalue weighted by Crippen LogP contribution is -2.47. The van der Waals surface area contributed by atoms with E-state index in [2.05, 4.69) is 36.4 Å². The van der Waals surface area contributed by atoms with Gasteiger partial charge in [-0.1, -0.05) is 12.0 Å². The number of aromatic nitrogens is 5. The molecule has 2 aromatic carbocycles. The van der Waals surface area contributed by atoms with Crippen LogP contribution < -0.4 is 10.1 Å². The van der Waals surface area contributed by atoms with Crippen molar-refractivity contribution in [1.82, 2.24) is 35.2 Å². The van der Waals surface area contributed by atoms with Crippen LogP contribution in [0.4, 0.5) is 4.39 Å². The molecular formula is C28H28FN7O2. The van der Waals surface area contributed by atoms with E-state index in [1.54, 1.807) is 42.1 Å². The largest absolute Gasteiger partial charge is 0.496 e. The van der Waals surface area contributed by atoms with Gasteiger partial charge in [-0.3, -0.25) is 14.8 Å². The Kier molecular flexibility index (Phi) is 7.20. The van der Waals surface area contributed by atoms with Gasteiger partial charge >= 0.3 is 0 Å². The average Bonchev–Trinajstić information content (AvgIpc) is 3.53. The van der Waals surface area contributed by atoms with Crippen LogP contribution in [0.2, 0.25) is 0 Å². The Morgan fingerprint density at radius 2 is 2.24 bits per heavy atom. The highest BCUT2D eigenvalue weighted by atomic mass is 19.1. The fraction of sp³-hybridized carbons (Fsp3) is 0.286. The number of carbonyl (C=O) groups excluding carboxylic acids is 1. The number of ether oxygens (including phenoxy) is 1. The zero-order chi connectivity index (χ0) is 26.6. The van der Waals surface area contributed by atoms with E-state index in [1.807, 2.05) is 6.07 Å². The maximum Gasteiger partial charge on any atom is 0.251 e. The first-order valence-corrected chi connectivity index (χ1v) is 12.3. The number of fused-ring (bicyclic) bond motifs is 1. The fourth-order valence-corrected chi connectivity index (χ4v) is 4.80. The molecule has 1 saturated heterocycles. The minimum absolute atomic E-state index is 0.0642. The number of methoxy groups -OCH3 is 1. The Hall–Kier alpha value is -4.49. The summed E-state index contributed by atoms with van der Waals surface area (Å²) < 4.78 is 21.4. The number of halogens is 1. The van der Waals surface area contributed by atoms with Crippen molar-refractivity contribution < 1.29 is 13.9 Å². The number of H-pyrrole nitrogens is 1. The molecule has 0 spiro atoms. The van der Waals surface area contributed by atoms with Crippen LogP contribution in [0.3, 0.4) is 0 Å². The number of piperidine rings is 1. The number of aryl methyl sites for hydroxylation is 1. The Labute approximate surface area is 219 Å². The summed E-state index contributed by atoms with van der Waals surface area (Å²) >= 11 is 0. The van der Waals surface area contributed by atoms with Gasteiger partial charge in [0.05, 0.1) is 18.2 Å². The topological polar surface area (TPSA) is 101 Å². The minimum atomic E-state index is -0.292. The third kappa shape index (κ3) is 5.14. The van der Waals surface area contributed by atoms with E-state index in [0.29, 0.717) is 47.1 Å². The molecule has 3 heterocycles.